The molecule has 1 heterocycles. The van der Waals surface area contributed by atoms with Crippen LogP contribution in [-0.4, -0.2) is 6.54 Å². The van der Waals surface area contributed by atoms with E-state index in [1.807, 2.05) is 0 Å². The molecular formula is C18H19N. The van der Waals surface area contributed by atoms with Crippen molar-refractivity contribution in [3.8, 4) is 0 Å². The van der Waals surface area contributed by atoms with E-state index >= 15 is 0 Å². The predicted molar refractivity (Wildman–Crippen MR) is 78.4 cm³/mol. The van der Waals surface area contributed by atoms with Crippen LogP contribution < -0.4 is 5.32 Å². The molecule has 1 N–H and O–H groups in total. The lowest BCUT2D eigenvalue weighted by Gasteiger charge is -2.31. The molecule has 2 aromatic rings. The average molecular weight is 249 g/mol. The molecule has 0 amide bonds. The molecule has 1 aliphatic heterocycles. The molecule has 0 spiro atoms. The monoisotopic (exact) mass is 249 g/mol. The molecule has 1 unspecified atom stereocenters. The third-order valence-electron chi connectivity index (χ3n) is 4.67. The quantitative estimate of drug-likeness (QED) is 0.861. The Balaban J connectivity index is 1.62. The van der Waals surface area contributed by atoms with Crippen LogP contribution in [-0.2, 0) is 25.8 Å². The van der Waals surface area contributed by atoms with E-state index in [-0.39, 0.29) is 0 Å². The van der Waals surface area contributed by atoms with Crippen LogP contribution in [0.5, 0.6) is 0 Å². The van der Waals surface area contributed by atoms with Crippen LogP contribution in [0, 0.1) is 0 Å². The van der Waals surface area contributed by atoms with Gasteiger partial charge in [-0.15, -0.1) is 0 Å². The summed E-state index contributed by atoms with van der Waals surface area (Å²) in [5, 5.41) is 3.51. The number of hydrogen-bond donors (Lipinski definition) is 1. The highest BCUT2D eigenvalue weighted by Crippen LogP contribution is 2.38. The molecule has 96 valence electrons. The molecule has 0 radical (unpaired) electrons. The van der Waals surface area contributed by atoms with Gasteiger partial charge in [0.1, 0.15) is 0 Å². The van der Waals surface area contributed by atoms with Crippen molar-refractivity contribution in [2.24, 2.45) is 0 Å². The third kappa shape index (κ3) is 1.89. The molecule has 0 fully saturated rings. The van der Waals surface area contributed by atoms with Crippen molar-refractivity contribution in [3.63, 3.8) is 0 Å². The van der Waals surface area contributed by atoms with Crippen LogP contribution >= 0.6 is 0 Å². The first-order valence-electron chi connectivity index (χ1n) is 7.30. The largest absolute Gasteiger partial charge is 0.312 e. The van der Waals surface area contributed by atoms with Gasteiger partial charge in [0.25, 0.3) is 0 Å². The van der Waals surface area contributed by atoms with E-state index in [4.69, 9.17) is 0 Å². The highest BCUT2D eigenvalue weighted by molar-refractivity contribution is 5.44. The summed E-state index contributed by atoms with van der Waals surface area (Å²) >= 11 is 0. The normalized spacial score (nSPS) is 20.3. The Hall–Kier alpha value is -1.60. The summed E-state index contributed by atoms with van der Waals surface area (Å²) < 4.78 is 0. The lowest BCUT2D eigenvalue weighted by molar-refractivity contribution is 0.587. The zero-order chi connectivity index (χ0) is 12.7. The van der Waals surface area contributed by atoms with Gasteiger partial charge in [0.15, 0.2) is 0 Å². The lowest BCUT2D eigenvalue weighted by Crippen LogP contribution is -2.26. The van der Waals surface area contributed by atoms with Gasteiger partial charge in [0.05, 0.1) is 0 Å². The third-order valence-corrected chi connectivity index (χ3v) is 4.67. The molecule has 1 atom stereocenters. The standard InChI is InChI=1S/C18H19N/c1-2-7-17-14(4-1)10-16(17)11-15-6-3-5-13-8-9-19-12-18(13)15/h1-7,16,19H,8-12H2. The minimum atomic E-state index is 0.740. The van der Waals surface area contributed by atoms with Crippen LogP contribution in [0.25, 0.3) is 0 Å². The Morgan fingerprint density at radius 2 is 1.89 bits per heavy atom. The predicted octanol–water partition coefficient (Wildman–Crippen LogP) is 3.21. The fraction of sp³-hybridized carbons (Fsp3) is 0.333. The Kier molecular flexibility index (Phi) is 2.66. The van der Waals surface area contributed by atoms with Crippen molar-refractivity contribution in [2.45, 2.75) is 31.7 Å². The lowest BCUT2D eigenvalue weighted by atomic mass is 9.73. The van der Waals surface area contributed by atoms with Gasteiger partial charge in [-0.2, -0.15) is 0 Å². The number of fused-ring (bicyclic) bond motifs is 2. The SMILES string of the molecule is c1ccc2c(c1)CC2Cc1cccc2c1CNCC2. The Labute approximate surface area is 114 Å². The van der Waals surface area contributed by atoms with E-state index in [1.165, 1.54) is 19.3 Å². The first-order valence-corrected chi connectivity index (χ1v) is 7.30. The van der Waals surface area contributed by atoms with Gasteiger partial charge >= 0.3 is 0 Å². The molecule has 0 saturated heterocycles. The molecule has 1 heteroatoms. The van der Waals surface area contributed by atoms with Gasteiger partial charge in [-0.3, -0.25) is 0 Å². The topological polar surface area (TPSA) is 12.0 Å². The van der Waals surface area contributed by atoms with E-state index in [1.54, 1.807) is 27.8 Å². The van der Waals surface area contributed by atoms with Gasteiger partial charge in [0.2, 0.25) is 0 Å². The minimum absolute atomic E-state index is 0.740. The second-order valence-corrected chi connectivity index (χ2v) is 5.79. The number of hydrogen-bond acceptors (Lipinski definition) is 1. The maximum Gasteiger partial charge on any atom is 0.0211 e. The zero-order valence-electron chi connectivity index (χ0n) is 11.2. The average Bonchev–Trinajstić information content (AvgIpc) is 2.45. The van der Waals surface area contributed by atoms with Crippen molar-refractivity contribution in [1.82, 2.24) is 5.32 Å². The van der Waals surface area contributed by atoms with Crippen LogP contribution in [0.4, 0.5) is 0 Å². The molecule has 1 aliphatic carbocycles. The number of rotatable bonds is 2. The van der Waals surface area contributed by atoms with Crippen LogP contribution in [0.2, 0.25) is 0 Å². The molecule has 0 aromatic heterocycles. The molecular weight excluding hydrogens is 230 g/mol. The molecule has 0 bridgehead atoms. The maximum absolute atomic E-state index is 3.51. The second kappa shape index (κ2) is 4.50. The summed E-state index contributed by atoms with van der Waals surface area (Å²) in [5.41, 5.74) is 7.81. The summed E-state index contributed by atoms with van der Waals surface area (Å²) in [7, 11) is 0. The second-order valence-electron chi connectivity index (χ2n) is 5.79. The first kappa shape index (κ1) is 11.2. The van der Waals surface area contributed by atoms with Crippen LogP contribution in [0.1, 0.15) is 33.7 Å². The van der Waals surface area contributed by atoms with Gasteiger partial charge < -0.3 is 5.32 Å². The van der Waals surface area contributed by atoms with E-state index in [9.17, 15) is 0 Å². The fourth-order valence-electron chi connectivity index (χ4n) is 3.59. The minimum Gasteiger partial charge on any atom is -0.312 e. The summed E-state index contributed by atoms with van der Waals surface area (Å²) in [6.45, 7) is 2.18. The highest BCUT2D eigenvalue weighted by Gasteiger charge is 2.26. The Morgan fingerprint density at radius 1 is 1.00 bits per heavy atom. The Morgan fingerprint density at radius 3 is 2.84 bits per heavy atom. The summed E-state index contributed by atoms with van der Waals surface area (Å²) in [5.74, 6) is 0.740. The van der Waals surface area contributed by atoms with Crippen molar-refractivity contribution in [2.75, 3.05) is 6.54 Å². The van der Waals surface area contributed by atoms with Crippen LogP contribution in [0.3, 0.4) is 0 Å². The van der Waals surface area contributed by atoms with Crippen molar-refractivity contribution in [3.05, 3.63) is 70.3 Å². The van der Waals surface area contributed by atoms with E-state index in [0.717, 1.165) is 19.0 Å². The van der Waals surface area contributed by atoms with Crippen molar-refractivity contribution < 1.29 is 0 Å². The molecule has 19 heavy (non-hydrogen) atoms. The molecule has 2 aromatic carbocycles. The number of benzene rings is 2. The summed E-state index contributed by atoms with van der Waals surface area (Å²) in [6.07, 6.45) is 3.65. The smallest absolute Gasteiger partial charge is 0.0211 e. The van der Waals surface area contributed by atoms with Gasteiger partial charge in [-0.05, 0) is 59.5 Å². The zero-order valence-corrected chi connectivity index (χ0v) is 11.2. The molecule has 0 saturated carbocycles. The van der Waals surface area contributed by atoms with Gasteiger partial charge in [-0.1, -0.05) is 42.5 Å². The van der Waals surface area contributed by atoms with Crippen molar-refractivity contribution >= 4 is 0 Å². The highest BCUT2D eigenvalue weighted by atomic mass is 14.9. The molecule has 4 rings (SSSR count). The number of nitrogens with one attached hydrogen (secondary N) is 1. The van der Waals surface area contributed by atoms with Crippen LogP contribution in [0.15, 0.2) is 42.5 Å². The van der Waals surface area contributed by atoms with E-state index in [2.05, 4.69) is 47.8 Å². The van der Waals surface area contributed by atoms with Gasteiger partial charge in [-0.25, -0.2) is 0 Å². The van der Waals surface area contributed by atoms with Gasteiger partial charge in [0, 0.05) is 6.54 Å². The Bertz CT molecular complexity index is 615. The summed E-state index contributed by atoms with van der Waals surface area (Å²) in [6, 6.07) is 15.8. The maximum atomic E-state index is 3.51. The van der Waals surface area contributed by atoms with Crippen molar-refractivity contribution in [1.29, 1.82) is 0 Å². The van der Waals surface area contributed by atoms with E-state index < -0.39 is 0 Å². The summed E-state index contributed by atoms with van der Waals surface area (Å²) in [4.78, 5) is 0. The molecule has 2 aliphatic rings. The fourth-order valence-corrected chi connectivity index (χ4v) is 3.59. The molecule has 1 nitrogen and oxygen atoms in total. The first-order chi connectivity index (χ1) is 9.42. The van der Waals surface area contributed by atoms with E-state index in [0.29, 0.717) is 0 Å².